The Kier molecular flexibility index (Phi) is 11.8. The molecule has 0 saturated carbocycles. The van der Waals surface area contributed by atoms with Crippen molar-refractivity contribution in [2.24, 2.45) is 0 Å². The Bertz CT molecular complexity index is 262. The van der Waals surface area contributed by atoms with Crippen LogP contribution in [-0.2, 0) is 4.79 Å². The molecule has 0 saturated heterocycles. The average molecular weight is 236 g/mol. The Balaban J connectivity index is 3.30. The van der Waals surface area contributed by atoms with Crippen LogP contribution in [0.25, 0.3) is 0 Å². The van der Waals surface area contributed by atoms with Crippen LogP contribution in [0.5, 0.6) is 0 Å². The maximum Gasteiger partial charge on any atom is 0.303 e. The smallest absolute Gasteiger partial charge is 0.303 e. The topological polar surface area (TPSA) is 37.3 Å². The van der Waals surface area contributed by atoms with Gasteiger partial charge in [-0.05, 0) is 38.5 Å². The molecule has 0 aromatic heterocycles. The molecule has 0 heterocycles. The number of carboxylic acid groups (broad SMARTS) is 1. The summed E-state index contributed by atoms with van der Waals surface area (Å²) in [4.78, 5) is 10.2. The summed E-state index contributed by atoms with van der Waals surface area (Å²) in [5.41, 5.74) is 0. The minimum Gasteiger partial charge on any atom is -0.481 e. The minimum absolute atomic E-state index is 0.289. The van der Waals surface area contributed by atoms with Crippen molar-refractivity contribution in [1.82, 2.24) is 0 Å². The highest BCUT2D eigenvalue weighted by Gasteiger charge is 1.93. The van der Waals surface area contributed by atoms with Gasteiger partial charge in [0, 0.05) is 6.42 Å². The summed E-state index contributed by atoms with van der Waals surface area (Å²) in [6, 6.07) is 0. The van der Waals surface area contributed by atoms with Crippen LogP contribution in [0.2, 0.25) is 0 Å². The highest BCUT2D eigenvalue weighted by molar-refractivity contribution is 5.66. The fourth-order valence-corrected chi connectivity index (χ4v) is 1.36. The van der Waals surface area contributed by atoms with E-state index in [2.05, 4.69) is 43.4 Å². The molecule has 0 aromatic carbocycles. The highest BCUT2D eigenvalue weighted by Crippen LogP contribution is 2.01. The predicted octanol–water partition coefficient (Wildman–Crippen LogP) is 4.49. The second kappa shape index (κ2) is 12.8. The molecule has 0 aliphatic rings. The molecule has 0 unspecified atom stereocenters. The predicted molar refractivity (Wildman–Crippen MR) is 73.0 cm³/mol. The first-order valence-electron chi connectivity index (χ1n) is 6.44. The van der Waals surface area contributed by atoms with E-state index >= 15 is 0 Å². The lowest BCUT2D eigenvalue weighted by molar-refractivity contribution is -0.137. The molecule has 0 aliphatic heterocycles. The van der Waals surface area contributed by atoms with Gasteiger partial charge in [0.1, 0.15) is 0 Å². The van der Waals surface area contributed by atoms with Gasteiger partial charge in [0.05, 0.1) is 0 Å². The average Bonchev–Trinajstić information content (AvgIpc) is 2.30. The largest absolute Gasteiger partial charge is 0.481 e. The number of aliphatic carboxylic acids is 1. The molecule has 0 amide bonds. The molecule has 0 spiro atoms. The third-order valence-corrected chi connectivity index (χ3v) is 2.29. The highest BCUT2D eigenvalue weighted by atomic mass is 16.4. The number of hydrogen-bond donors (Lipinski definition) is 1. The molecule has 0 radical (unpaired) electrons. The summed E-state index contributed by atoms with van der Waals surface area (Å²) in [7, 11) is 0. The fraction of sp³-hybridized carbons (Fsp3) is 0.533. The quantitative estimate of drug-likeness (QED) is 0.448. The fourth-order valence-electron chi connectivity index (χ4n) is 1.36. The Morgan fingerprint density at radius 2 is 1.53 bits per heavy atom. The molecule has 2 nitrogen and oxygen atoms in total. The first-order chi connectivity index (χ1) is 8.27. The number of unbranched alkanes of at least 4 members (excludes halogenated alkanes) is 2. The monoisotopic (exact) mass is 236 g/mol. The van der Waals surface area contributed by atoms with Crippen LogP contribution in [0.15, 0.2) is 36.5 Å². The van der Waals surface area contributed by atoms with E-state index in [0.717, 1.165) is 38.5 Å². The second-order valence-corrected chi connectivity index (χ2v) is 3.93. The maximum atomic E-state index is 10.2. The van der Waals surface area contributed by atoms with Gasteiger partial charge in [-0.15, -0.1) is 0 Å². The van der Waals surface area contributed by atoms with Crippen LogP contribution in [0.3, 0.4) is 0 Å². The second-order valence-electron chi connectivity index (χ2n) is 3.93. The van der Waals surface area contributed by atoms with Crippen molar-refractivity contribution >= 4 is 5.97 Å². The van der Waals surface area contributed by atoms with Gasteiger partial charge >= 0.3 is 5.97 Å². The van der Waals surface area contributed by atoms with E-state index in [0.29, 0.717) is 0 Å². The van der Waals surface area contributed by atoms with Gasteiger partial charge < -0.3 is 5.11 Å². The molecular weight excluding hydrogens is 212 g/mol. The van der Waals surface area contributed by atoms with E-state index in [1.165, 1.54) is 0 Å². The lowest BCUT2D eigenvalue weighted by atomic mass is 10.2. The van der Waals surface area contributed by atoms with Gasteiger partial charge in [-0.3, -0.25) is 4.79 Å². The van der Waals surface area contributed by atoms with Gasteiger partial charge in [-0.2, -0.15) is 0 Å². The van der Waals surface area contributed by atoms with Crippen LogP contribution >= 0.6 is 0 Å². The van der Waals surface area contributed by atoms with Crippen LogP contribution in [-0.4, -0.2) is 11.1 Å². The lowest BCUT2D eigenvalue weighted by Crippen LogP contribution is -1.92. The maximum absolute atomic E-state index is 10.2. The molecule has 1 N–H and O–H groups in total. The van der Waals surface area contributed by atoms with Gasteiger partial charge in [0.2, 0.25) is 0 Å². The van der Waals surface area contributed by atoms with Crippen LogP contribution in [0.1, 0.15) is 51.9 Å². The molecule has 0 atom stereocenters. The van der Waals surface area contributed by atoms with E-state index in [4.69, 9.17) is 5.11 Å². The zero-order chi connectivity index (χ0) is 12.8. The lowest BCUT2D eigenvalue weighted by Gasteiger charge is -1.92. The van der Waals surface area contributed by atoms with Crippen molar-refractivity contribution in [2.45, 2.75) is 51.9 Å². The van der Waals surface area contributed by atoms with E-state index in [1.54, 1.807) is 0 Å². The summed E-state index contributed by atoms with van der Waals surface area (Å²) in [5, 5.41) is 8.44. The molecular formula is C15H24O2. The molecule has 0 fully saturated rings. The number of carbonyl (C=O) groups is 1. The van der Waals surface area contributed by atoms with Crippen molar-refractivity contribution in [2.75, 3.05) is 0 Å². The Morgan fingerprint density at radius 3 is 2.12 bits per heavy atom. The van der Waals surface area contributed by atoms with E-state index in [1.807, 2.05) is 0 Å². The summed E-state index contributed by atoms with van der Waals surface area (Å²) < 4.78 is 0. The van der Waals surface area contributed by atoms with E-state index < -0.39 is 5.97 Å². The van der Waals surface area contributed by atoms with Crippen molar-refractivity contribution in [3.63, 3.8) is 0 Å². The van der Waals surface area contributed by atoms with E-state index in [-0.39, 0.29) is 6.42 Å². The molecule has 17 heavy (non-hydrogen) atoms. The first-order valence-corrected chi connectivity index (χ1v) is 6.44. The third-order valence-electron chi connectivity index (χ3n) is 2.29. The van der Waals surface area contributed by atoms with E-state index in [9.17, 15) is 4.79 Å². The number of rotatable bonds is 10. The molecule has 0 bridgehead atoms. The Labute approximate surface area is 105 Å². The zero-order valence-electron chi connectivity index (χ0n) is 10.8. The number of carboxylic acids is 1. The molecule has 96 valence electrons. The van der Waals surface area contributed by atoms with Crippen LogP contribution in [0, 0.1) is 0 Å². The van der Waals surface area contributed by atoms with Crippen LogP contribution in [0.4, 0.5) is 0 Å². The number of hydrogen-bond acceptors (Lipinski definition) is 1. The van der Waals surface area contributed by atoms with Gasteiger partial charge in [0.25, 0.3) is 0 Å². The van der Waals surface area contributed by atoms with Crippen molar-refractivity contribution in [3.8, 4) is 0 Å². The van der Waals surface area contributed by atoms with Crippen molar-refractivity contribution in [3.05, 3.63) is 36.5 Å². The molecule has 2 heteroatoms. The Morgan fingerprint density at radius 1 is 0.941 bits per heavy atom. The Hall–Kier alpha value is -1.31. The summed E-state index contributed by atoms with van der Waals surface area (Å²) in [5.74, 6) is -0.697. The third kappa shape index (κ3) is 14.7. The van der Waals surface area contributed by atoms with Gasteiger partial charge in [-0.1, -0.05) is 43.4 Å². The minimum atomic E-state index is -0.697. The normalized spacial score (nSPS) is 12.1. The molecule has 0 rings (SSSR count). The first kappa shape index (κ1) is 15.7. The van der Waals surface area contributed by atoms with Gasteiger partial charge in [-0.25, -0.2) is 0 Å². The summed E-state index contributed by atoms with van der Waals surface area (Å²) in [6.07, 6.45) is 19.0. The van der Waals surface area contributed by atoms with Gasteiger partial charge in [0.15, 0.2) is 0 Å². The SMILES string of the molecule is CC/C=C\C/C=C\C/C=C\CCCCC(=O)O. The zero-order valence-corrected chi connectivity index (χ0v) is 10.8. The van der Waals surface area contributed by atoms with Crippen molar-refractivity contribution in [1.29, 1.82) is 0 Å². The number of allylic oxidation sites excluding steroid dienone is 6. The molecule has 0 aromatic rings. The molecule has 0 aliphatic carbocycles. The standard InChI is InChI=1S/C15H24O2/c1-2-3-4-5-6-7-8-9-10-11-12-13-14-15(16)17/h3-4,6-7,9-10H,2,5,8,11-14H2,1H3,(H,16,17)/b4-3-,7-6-,10-9-. The summed E-state index contributed by atoms with van der Waals surface area (Å²) >= 11 is 0. The summed E-state index contributed by atoms with van der Waals surface area (Å²) in [6.45, 7) is 2.13. The van der Waals surface area contributed by atoms with Crippen molar-refractivity contribution < 1.29 is 9.90 Å². The van der Waals surface area contributed by atoms with Crippen LogP contribution < -0.4 is 0 Å².